The number of rotatable bonds is 4. The number of imidazole rings is 1. The fourth-order valence-corrected chi connectivity index (χ4v) is 5.03. The predicted molar refractivity (Wildman–Crippen MR) is 109 cm³/mol. The lowest BCUT2D eigenvalue weighted by Gasteiger charge is -2.38. The van der Waals surface area contributed by atoms with Crippen LogP contribution in [0.1, 0.15) is 57.8 Å². The first-order chi connectivity index (χ1) is 12.8. The summed E-state index contributed by atoms with van der Waals surface area (Å²) in [7, 11) is 0. The minimum absolute atomic E-state index is 0.158. The molecular formula is C22H32N4O. The molecule has 0 radical (unpaired) electrons. The monoisotopic (exact) mass is 368 g/mol. The highest BCUT2D eigenvalue weighted by Gasteiger charge is 2.41. The Morgan fingerprint density at radius 1 is 1.26 bits per heavy atom. The molecule has 2 saturated heterocycles. The number of nitrogens with one attached hydrogen (secondary N) is 2. The van der Waals surface area contributed by atoms with Gasteiger partial charge in [0.25, 0.3) is 0 Å². The predicted octanol–water partition coefficient (Wildman–Crippen LogP) is 3.57. The Morgan fingerprint density at radius 3 is 2.59 bits per heavy atom. The average Bonchev–Trinajstić information content (AvgIpc) is 3.05. The molecule has 4 rings (SSSR count). The molecule has 2 atom stereocenters. The van der Waals surface area contributed by atoms with Crippen molar-refractivity contribution in [3.8, 4) is 0 Å². The van der Waals surface area contributed by atoms with E-state index in [1.807, 2.05) is 20.8 Å². The molecule has 0 aliphatic carbocycles. The SMILES string of the molecule is Cc1cccc2[nH]c(CC3CC4CCC(C3)N4CC(=O)NC(C)(C)C)nc12. The van der Waals surface area contributed by atoms with Gasteiger partial charge in [0.15, 0.2) is 0 Å². The molecule has 2 N–H and O–H groups in total. The summed E-state index contributed by atoms with van der Waals surface area (Å²) in [6.45, 7) is 8.79. The van der Waals surface area contributed by atoms with Gasteiger partial charge in [0, 0.05) is 24.0 Å². The molecule has 2 unspecified atom stereocenters. The highest BCUT2D eigenvalue weighted by Crippen LogP contribution is 2.39. The van der Waals surface area contributed by atoms with Crippen molar-refractivity contribution in [3.63, 3.8) is 0 Å². The van der Waals surface area contributed by atoms with E-state index in [2.05, 4.69) is 40.3 Å². The summed E-state index contributed by atoms with van der Waals surface area (Å²) in [4.78, 5) is 23.2. The zero-order valence-corrected chi connectivity index (χ0v) is 17.0. The van der Waals surface area contributed by atoms with Crippen LogP contribution in [0.5, 0.6) is 0 Å². The quantitative estimate of drug-likeness (QED) is 0.867. The summed E-state index contributed by atoms with van der Waals surface area (Å²) >= 11 is 0. The number of benzene rings is 1. The Hall–Kier alpha value is -1.88. The van der Waals surface area contributed by atoms with E-state index in [-0.39, 0.29) is 11.4 Å². The topological polar surface area (TPSA) is 61.0 Å². The van der Waals surface area contributed by atoms with Gasteiger partial charge in [0.1, 0.15) is 5.82 Å². The second-order valence-electron chi connectivity index (χ2n) is 9.55. The van der Waals surface area contributed by atoms with Gasteiger partial charge in [0.05, 0.1) is 17.6 Å². The van der Waals surface area contributed by atoms with Crippen molar-refractivity contribution >= 4 is 16.9 Å². The van der Waals surface area contributed by atoms with Crippen LogP contribution < -0.4 is 5.32 Å². The molecule has 2 aliphatic rings. The first-order valence-electron chi connectivity index (χ1n) is 10.3. The number of nitrogens with zero attached hydrogens (tertiary/aromatic N) is 2. The van der Waals surface area contributed by atoms with Gasteiger partial charge >= 0.3 is 0 Å². The minimum atomic E-state index is -0.159. The Labute approximate surface area is 161 Å². The Bertz CT molecular complexity index is 820. The number of hydrogen-bond acceptors (Lipinski definition) is 3. The van der Waals surface area contributed by atoms with Crippen LogP contribution in [0, 0.1) is 12.8 Å². The summed E-state index contributed by atoms with van der Waals surface area (Å²) in [5.74, 6) is 1.93. The number of carbonyl (C=O) groups is 1. The van der Waals surface area contributed by atoms with Crippen LogP contribution in [-0.2, 0) is 11.2 Å². The highest BCUT2D eigenvalue weighted by molar-refractivity contribution is 5.79. The number of para-hydroxylation sites is 1. The van der Waals surface area contributed by atoms with Crippen LogP contribution in [0.15, 0.2) is 18.2 Å². The standard InChI is InChI=1S/C22H32N4O/c1-14-6-5-7-18-21(14)24-19(23-18)12-15-10-16-8-9-17(11-15)26(16)13-20(27)25-22(2,3)4/h5-7,15-17H,8-13H2,1-4H3,(H,23,24)(H,25,27). The summed E-state index contributed by atoms with van der Waals surface area (Å²) in [5.41, 5.74) is 3.32. The molecule has 2 aromatic rings. The number of aromatic nitrogens is 2. The molecule has 0 saturated carbocycles. The number of hydrogen-bond donors (Lipinski definition) is 2. The maximum absolute atomic E-state index is 12.4. The van der Waals surface area contributed by atoms with Crippen molar-refractivity contribution < 1.29 is 4.79 Å². The third kappa shape index (κ3) is 4.03. The number of piperidine rings is 1. The molecule has 1 amide bonds. The molecule has 2 bridgehead atoms. The molecule has 0 spiro atoms. The number of fused-ring (bicyclic) bond motifs is 3. The van der Waals surface area contributed by atoms with E-state index in [0.29, 0.717) is 24.5 Å². The number of aryl methyl sites for hydroxylation is 1. The summed E-state index contributed by atoms with van der Waals surface area (Å²) in [6.07, 6.45) is 5.82. The third-order valence-electron chi connectivity index (χ3n) is 6.07. The van der Waals surface area contributed by atoms with Gasteiger partial charge < -0.3 is 10.3 Å². The maximum atomic E-state index is 12.4. The van der Waals surface area contributed by atoms with E-state index in [4.69, 9.17) is 4.98 Å². The van der Waals surface area contributed by atoms with Gasteiger partial charge in [-0.25, -0.2) is 4.98 Å². The van der Waals surface area contributed by atoms with Crippen LogP contribution in [-0.4, -0.2) is 44.9 Å². The molecule has 1 aromatic heterocycles. The largest absolute Gasteiger partial charge is 0.350 e. The Balaban J connectivity index is 1.39. The van der Waals surface area contributed by atoms with Gasteiger partial charge in [-0.2, -0.15) is 0 Å². The molecule has 2 aliphatic heterocycles. The number of amides is 1. The van der Waals surface area contributed by atoms with Crippen LogP contribution in [0.25, 0.3) is 11.0 Å². The van der Waals surface area contributed by atoms with Crippen molar-refractivity contribution in [2.45, 2.75) is 77.4 Å². The summed E-state index contributed by atoms with van der Waals surface area (Å²) in [5, 5.41) is 3.11. The van der Waals surface area contributed by atoms with E-state index in [1.165, 1.54) is 31.2 Å². The maximum Gasteiger partial charge on any atom is 0.234 e. The molecule has 5 heteroatoms. The normalized spacial score (nSPS) is 25.9. The molecule has 3 heterocycles. The molecule has 27 heavy (non-hydrogen) atoms. The van der Waals surface area contributed by atoms with Gasteiger partial charge in [-0.1, -0.05) is 12.1 Å². The Kier molecular flexibility index (Phi) is 4.75. The Morgan fingerprint density at radius 2 is 1.96 bits per heavy atom. The zero-order valence-electron chi connectivity index (χ0n) is 17.0. The minimum Gasteiger partial charge on any atom is -0.350 e. The van der Waals surface area contributed by atoms with Crippen LogP contribution in [0.4, 0.5) is 0 Å². The van der Waals surface area contributed by atoms with E-state index < -0.39 is 0 Å². The van der Waals surface area contributed by atoms with Gasteiger partial charge in [-0.15, -0.1) is 0 Å². The van der Waals surface area contributed by atoms with E-state index in [9.17, 15) is 4.79 Å². The van der Waals surface area contributed by atoms with Crippen LogP contribution in [0.2, 0.25) is 0 Å². The number of carbonyl (C=O) groups excluding carboxylic acids is 1. The summed E-state index contributed by atoms with van der Waals surface area (Å²) < 4.78 is 0. The molecular weight excluding hydrogens is 336 g/mol. The number of H-pyrrole nitrogens is 1. The third-order valence-corrected chi connectivity index (χ3v) is 6.07. The lowest BCUT2D eigenvalue weighted by molar-refractivity contribution is -0.125. The lowest BCUT2D eigenvalue weighted by Crippen LogP contribution is -2.51. The fourth-order valence-electron chi connectivity index (χ4n) is 5.03. The van der Waals surface area contributed by atoms with E-state index in [0.717, 1.165) is 23.3 Å². The second kappa shape index (κ2) is 6.93. The first kappa shape index (κ1) is 18.5. The second-order valence-corrected chi connectivity index (χ2v) is 9.55. The molecule has 5 nitrogen and oxygen atoms in total. The van der Waals surface area contributed by atoms with Crippen LogP contribution >= 0.6 is 0 Å². The van der Waals surface area contributed by atoms with Gasteiger partial charge in [-0.05, 0) is 70.9 Å². The molecule has 146 valence electrons. The van der Waals surface area contributed by atoms with Crippen molar-refractivity contribution in [1.82, 2.24) is 20.2 Å². The van der Waals surface area contributed by atoms with E-state index in [1.54, 1.807) is 0 Å². The van der Waals surface area contributed by atoms with Crippen LogP contribution in [0.3, 0.4) is 0 Å². The zero-order chi connectivity index (χ0) is 19.2. The van der Waals surface area contributed by atoms with Crippen molar-refractivity contribution in [2.75, 3.05) is 6.54 Å². The molecule has 1 aromatic carbocycles. The van der Waals surface area contributed by atoms with Crippen molar-refractivity contribution in [2.24, 2.45) is 5.92 Å². The van der Waals surface area contributed by atoms with Gasteiger partial charge in [-0.3, -0.25) is 9.69 Å². The number of aromatic amines is 1. The first-order valence-corrected chi connectivity index (χ1v) is 10.3. The smallest absolute Gasteiger partial charge is 0.234 e. The lowest BCUT2D eigenvalue weighted by atomic mass is 9.88. The highest BCUT2D eigenvalue weighted by atomic mass is 16.2. The summed E-state index contributed by atoms with van der Waals surface area (Å²) in [6, 6.07) is 7.41. The average molecular weight is 369 g/mol. The van der Waals surface area contributed by atoms with Gasteiger partial charge in [0.2, 0.25) is 5.91 Å². The van der Waals surface area contributed by atoms with E-state index >= 15 is 0 Å². The van der Waals surface area contributed by atoms with Crippen molar-refractivity contribution in [3.05, 3.63) is 29.6 Å². The van der Waals surface area contributed by atoms with Crippen molar-refractivity contribution in [1.29, 1.82) is 0 Å². The molecule has 2 fully saturated rings. The fraction of sp³-hybridized carbons (Fsp3) is 0.636.